The van der Waals surface area contributed by atoms with Gasteiger partial charge in [-0.2, -0.15) is 0 Å². The van der Waals surface area contributed by atoms with Crippen molar-refractivity contribution >= 4 is 17.7 Å². The van der Waals surface area contributed by atoms with Crippen LogP contribution in [-0.2, 0) is 17.6 Å². The monoisotopic (exact) mass is 502 g/mol. The van der Waals surface area contributed by atoms with Gasteiger partial charge in [0.15, 0.2) is 0 Å². The fourth-order valence-corrected chi connectivity index (χ4v) is 5.05. The van der Waals surface area contributed by atoms with Crippen molar-refractivity contribution in [3.05, 3.63) is 143 Å². The molecule has 3 heteroatoms. The molecule has 0 bridgehead atoms. The lowest BCUT2D eigenvalue weighted by atomic mass is 9.76. The van der Waals surface area contributed by atoms with E-state index in [1.165, 1.54) is 28.1 Å². The Kier molecular flexibility index (Phi) is 9.16. The molecule has 3 nitrogen and oxygen atoms in total. The zero-order valence-corrected chi connectivity index (χ0v) is 22.9. The number of nitrogens with zero attached hydrogens (tertiary/aromatic N) is 2. The molecular weight excluding hydrogens is 464 g/mol. The van der Waals surface area contributed by atoms with Gasteiger partial charge in [-0.3, -0.25) is 4.79 Å². The van der Waals surface area contributed by atoms with Crippen LogP contribution in [0.2, 0.25) is 0 Å². The maximum Gasteiger partial charge on any atom is 0.146 e. The summed E-state index contributed by atoms with van der Waals surface area (Å²) in [4.78, 5) is 16.6. The van der Waals surface area contributed by atoms with Gasteiger partial charge in [-0.15, -0.1) is 0 Å². The summed E-state index contributed by atoms with van der Waals surface area (Å²) in [6.07, 6.45) is 4.72. The second-order valence-electron chi connectivity index (χ2n) is 10.3. The summed E-state index contributed by atoms with van der Waals surface area (Å²) in [5.74, 6) is 0.185. The van der Waals surface area contributed by atoms with Crippen molar-refractivity contribution in [1.29, 1.82) is 0 Å². The maximum atomic E-state index is 12.4. The Balaban J connectivity index is 1.82. The molecule has 0 N–H and O–H groups in total. The van der Waals surface area contributed by atoms with Gasteiger partial charge in [0.1, 0.15) is 6.29 Å². The molecule has 0 spiro atoms. The molecule has 0 saturated carbocycles. The van der Waals surface area contributed by atoms with E-state index in [1.54, 1.807) is 0 Å². The first-order valence-electron chi connectivity index (χ1n) is 13.2. The minimum absolute atomic E-state index is 0.0911. The quantitative estimate of drug-likeness (QED) is 0.160. The van der Waals surface area contributed by atoms with Crippen molar-refractivity contribution in [2.24, 2.45) is 5.92 Å². The van der Waals surface area contributed by atoms with Gasteiger partial charge in [0.05, 0.1) is 0 Å². The van der Waals surface area contributed by atoms with Crippen LogP contribution in [-0.4, -0.2) is 34.5 Å². The number of carbonyl (C=O) groups is 1. The molecule has 0 unspecified atom stereocenters. The average molecular weight is 503 g/mol. The Morgan fingerprint density at radius 1 is 0.632 bits per heavy atom. The molecule has 0 aromatic heterocycles. The molecule has 0 amide bonds. The molecular formula is C35H38N2O. The van der Waals surface area contributed by atoms with Gasteiger partial charge in [0.25, 0.3) is 0 Å². The fraction of sp³-hybridized carbons (Fsp3) is 0.229. The molecule has 0 fully saturated rings. The van der Waals surface area contributed by atoms with Gasteiger partial charge < -0.3 is 9.80 Å². The van der Waals surface area contributed by atoms with Crippen molar-refractivity contribution in [2.75, 3.05) is 38.0 Å². The number of anilines is 2. The lowest BCUT2D eigenvalue weighted by molar-refractivity contribution is -0.105. The summed E-state index contributed by atoms with van der Waals surface area (Å²) >= 11 is 0. The first kappa shape index (κ1) is 26.9. The number of carbonyl (C=O) groups excluding carboxylic acids is 1. The first-order chi connectivity index (χ1) is 18.4. The number of aldehydes is 1. The molecule has 0 aliphatic carbocycles. The van der Waals surface area contributed by atoms with Crippen molar-refractivity contribution in [1.82, 2.24) is 0 Å². The maximum absolute atomic E-state index is 12.4. The van der Waals surface area contributed by atoms with Crippen LogP contribution in [0.4, 0.5) is 11.4 Å². The number of rotatable bonds is 11. The summed E-state index contributed by atoms with van der Waals surface area (Å²) in [5.41, 5.74) is 8.05. The Morgan fingerprint density at radius 3 is 1.50 bits per heavy atom. The largest absolute Gasteiger partial charge is 0.378 e. The topological polar surface area (TPSA) is 23.6 Å². The van der Waals surface area contributed by atoms with E-state index >= 15 is 0 Å². The van der Waals surface area contributed by atoms with E-state index in [-0.39, 0.29) is 11.8 Å². The standard InChI is InChI=1S/C35H38N2O/c1-36(2)33-19-15-30(16-20-33)35(31-17-21-34(22-18-31)37(3)4)32(24-28-13-9-6-10-14-28)25-29(26-38)23-27-11-7-5-8-12-27/h5-22,25-26,32,35H,23-24H2,1-4H3/b29-25-/t32-/m1/s1. The second kappa shape index (κ2) is 12.9. The number of allylic oxidation sites excluding steroid dienone is 2. The zero-order valence-electron chi connectivity index (χ0n) is 22.9. The van der Waals surface area contributed by atoms with Gasteiger partial charge in [-0.25, -0.2) is 0 Å². The molecule has 38 heavy (non-hydrogen) atoms. The SMILES string of the molecule is CN(C)c1ccc(C(c2ccc(N(C)C)cc2)[C@@H](/C=C(\C=O)Cc2ccccc2)Cc2ccccc2)cc1. The Morgan fingerprint density at radius 2 is 1.08 bits per heavy atom. The highest BCUT2D eigenvalue weighted by molar-refractivity contribution is 5.74. The van der Waals surface area contributed by atoms with Crippen molar-refractivity contribution in [3.63, 3.8) is 0 Å². The van der Waals surface area contributed by atoms with Crippen LogP contribution in [0.1, 0.15) is 28.2 Å². The minimum Gasteiger partial charge on any atom is -0.378 e. The summed E-state index contributed by atoms with van der Waals surface area (Å²) in [5, 5.41) is 0. The van der Waals surface area contributed by atoms with Crippen LogP contribution in [0.5, 0.6) is 0 Å². The molecule has 4 aromatic rings. The summed E-state index contributed by atoms with van der Waals surface area (Å²) in [6.45, 7) is 0. The fourth-order valence-electron chi connectivity index (χ4n) is 5.05. The first-order valence-corrected chi connectivity index (χ1v) is 13.2. The van der Waals surface area contributed by atoms with E-state index < -0.39 is 0 Å². The molecule has 0 heterocycles. The van der Waals surface area contributed by atoms with Crippen molar-refractivity contribution in [2.45, 2.75) is 18.8 Å². The number of hydrogen-bond acceptors (Lipinski definition) is 3. The van der Waals surface area contributed by atoms with Gasteiger partial charge in [0, 0.05) is 51.9 Å². The highest BCUT2D eigenvalue weighted by Gasteiger charge is 2.25. The van der Waals surface area contributed by atoms with Crippen LogP contribution in [0.3, 0.4) is 0 Å². The number of benzene rings is 4. The molecule has 4 rings (SSSR count). The molecule has 0 radical (unpaired) electrons. The van der Waals surface area contributed by atoms with E-state index in [0.717, 1.165) is 23.8 Å². The average Bonchev–Trinajstić information content (AvgIpc) is 2.94. The van der Waals surface area contributed by atoms with Crippen molar-refractivity contribution in [3.8, 4) is 0 Å². The van der Waals surface area contributed by atoms with Crippen molar-refractivity contribution < 1.29 is 4.79 Å². The third kappa shape index (κ3) is 7.01. The second-order valence-corrected chi connectivity index (χ2v) is 10.3. The Hall–Kier alpha value is -4.11. The molecule has 1 atom stereocenters. The molecule has 194 valence electrons. The van der Waals surface area contributed by atoms with Gasteiger partial charge >= 0.3 is 0 Å². The van der Waals surface area contributed by atoms with Gasteiger partial charge in [-0.05, 0) is 64.4 Å². The normalized spacial score (nSPS) is 12.3. The van der Waals surface area contributed by atoms with Crippen LogP contribution >= 0.6 is 0 Å². The van der Waals surface area contributed by atoms with E-state index in [2.05, 4.69) is 135 Å². The predicted octanol–water partition coefficient (Wildman–Crippen LogP) is 7.18. The Bertz CT molecular complexity index is 1260. The minimum atomic E-state index is 0.0911. The van der Waals surface area contributed by atoms with E-state index in [0.29, 0.717) is 6.42 Å². The molecule has 4 aromatic carbocycles. The highest BCUT2D eigenvalue weighted by Crippen LogP contribution is 2.37. The zero-order chi connectivity index (χ0) is 26.9. The third-order valence-electron chi connectivity index (χ3n) is 7.11. The van der Waals surface area contributed by atoms with Crippen LogP contribution in [0.25, 0.3) is 0 Å². The lowest BCUT2D eigenvalue weighted by Crippen LogP contribution is -2.17. The molecule has 0 saturated heterocycles. The molecule has 0 aliphatic heterocycles. The molecule has 0 aliphatic rings. The van der Waals surface area contributed by atoms with Crippen LogP contribution < -0.4 is 9.80 Å². The van der Waals surface area contributed by atoms with E-state index in [9.17, 15) is 4.79 Å². The van der Waals surface area contributed by atoms with Crippen LogP contribution in [0.15, 0.2) is 121 Å². The van der Waals surface area contributed by atoms with Gasteiger partial charge in [-0.1, -0.05) is 91.0 Å². The van der Waals surface area contributed by atoms with E-state index in [1.807, 2.05) is 18.2 Å². The third-order valence-corrected chi connectivity index (χ3v) is 7.11. The lowest BCUT2D eigenvalue weighted by Gasteiger charge is -2.28. The summed E-state index contributed by atoms with van der Waals surface area (Å²) in [7, 11) is 8.25. The summed E-state index contributed by atoms with van der Waals surface area (Å²) < 4.78 is 0. The smallest absolute Gasteiger partial charge is 0.146 e. The van der Waals surface area contributed by atoms with Gasteiger partial charge in [0.2, 0.25) is 0 Å². The summed E-state index contributed by atoms with van der Waals surface area (Å²) in [6, 6.07) is 38.5. The van der Waals surface area contributed by atoms with E-state index in [4.69, 9.17) is 0 Å². The number of hydrogen-bond donors (Lipinski definition) is 0. The van der Waals surface area contributed by atoms with Crippen LogP contribution in [0, 0.1) is 5.92 Å². The highest BCUT2D eigenvalue weighted by atomic mass is 16.1. The Labute approximate surface area is 228 Å². The predicted molar refractivity (Wildman–Crippen MR) is 161 cm³/mol.